The van der Waals surface area contributed by atoms with Crippen LogP contribution in [0.4, 0.5) is 5.13 Å². The fourth-order valence-corrected chi connectivity index (χ4v) is 2.67. The van der Waals surface area contributed by atoms with Gasteiger partial charge in [0, 0.05) is 6.54 Å². The van der Waals surface area contributed by atoms with Crippen molar-refractivity contribution in [2.24, 2.45) is 0 Å². The van der Waals surface area contributed by atoms with E-state index in [0.29, 0.717) is 11.7 Å². The van der Waals surface area contributed by atoms with Crippen molar-refractivity contribution in [3.05, 3.63) is 0 Å². The van der Waals surface area contributed by atoms with E-state index >= 15 is 0 Å². The van der Waals surface area contributed by atoms with Gasteiger partial charge in [-0.1, -0.05) is 30.0 Å². The fourth-order valence-electron chi connectivity index (χ4n) is 0.865. The standard InChI is InChI=1S/C8H14N4OS2/c1-3-4-10-6(13)5(2)14-8-12-11-7(9)15-8/h5H,3-4H2,1-2H3,(H2,9,11)(H,10,13)/t5-/m1/s1. The number of nitrogens with one attached hydrogen (secondary N) is 1. The molecule has 0 fully saturated rings. The topological polar surface area (TPSA) is 80.9 Å². The van der Waals surface area contributed by atoms with E-state index in [0.717, 1.165) is 10.8 Å². The van der Waals surface area contributed by atoms with Crippen molar-refractivity contribution in [3.8, 4) is 0 Å². The molecule has 84 valence electrons. The normalized spacial score (nSPS) is 12.4. The Morgan fingerprint density at radius 3 is 2.93 bits per heavy atom. The molecule has 5 nitrogen and oxygen atoms in total. The number of hydrogen-bond donors (Lipinski definition) is 2. The molecule has 0 bridgehead atoms. The Kier molecular flexibility index (Phi) is 4.83. The van der Waals surface area contributed by atoms with Crippen LogP contribution in [0.5, 0.6) is 0 Å². The van der Waals surface area contributed by atoms with Gasteiger partial charge in [0.1, 0.15) is 0 Å². The van der Waals surface area contributed by atoms with Crippen LogP contribution in [-0.2, 0) is 4.79 Å². The van der Waals surface area contributed by atoms with Gasteiger partial charge in [-0.25, -0.2) is 0 Å². The van der Waals surface area contributed by atoms with Gasteiger partial charge in [-0.05, 0) is 13.3 Å². The van der Waals surface area contributed by atoms with Crippen LogP contribution in [0.25, 0.3) is 0 Å². The van der Waals surface area contributed by atoms with Crippen LogP contribution in [0.2, 0.25) is 0 Å². The van der Waals surface area contributed by atoms with Crippen molar-refractivity contribution in [3.63, 3.8) is 0 Å². The zero-order chi connectivity index (χ0) is 11.3. The summed E-state index contributed by atoms with van der Waals surface area (Å²) in [5, 5.41) is 10.6. The number of anilines is 1. The molecule has 0 radical (unpaired) electrons. The lowest BCUT2D eigenvalue weighted by Gasteiger charge is -2.08. The van der Waals surface area contributed by atoms with Crippen molar-refractivity contribution in [2.45, 2.75) is 29.9 Å². The van der Waals surface area contributed by atoms with Crippen LogP contribution in [0, 0.1) is 0 Å². The molecule has 1 amide bonds. The Balaban J connectivity index is 2.41. The fraction of sp³-hybridized carbons (Fsp3) is 0.625. The van der Waals surface area contributed by atoms with Gasteiger partial charge in [0.2, 0.25) is 11.0 Å². The Hall–Kier alpha value is -0.820. The lowest BCUT2D eigenvalue weighted by molar-refractivity contribution is -0.120. The molecule has 1 aromatic heterocycles. The predicted molar refractivity (Wildman–Crippen MR) is 62.9 cm³/mol. The summed E-state index contributed by atoms with van der Waals surface area (Å²) in [6.07, 6.45) is 0.939. The molecule has 1 aromatic rings. The molecule has 0 unspecified atom stereocenters. The number of nitrogens with two attached hydrogens (primary N) is 1. The van der Waals surface area contributed by atoms with Crippen molar-refractivity contribution in [1.29, 1.82) is 0 Å². The number of aromatic nitrogens is 2. The Bertz CT molecular complexity index is 328. The monoisotopic (exact) mass is 246 g/mol. The predicted octanol–water partition coefficient (Wildman–Crippen LogP) is 1.13. The molecule has 1 heterocycles. The van der Waals surface area contributed by atoms with E-state index in [1.807, 2.05) is 13.8 Å². The first-order valence-corrected chi connectivity index (χ1v) is 6.36. The number of amides is 1. The largest absolute Gasteiger partial charge is 0.374 e. The number of nitrogens with zero attached hydrogens (tertiary/aromatic N) is 2. The van der Waals surface area contributed by atoms with Gasteiger partial charge in [0.25, 0.3) is 0 Å². The highest BCUT2D eigenvalue weighted by Crippen LogP contribution is 2.27. The highest BCUT2D eigenvalue weighted by molar-refractivity contribution is 8.02. The molecule has 1 rings (SSSR count). The summed E-state index contributed by atoms with van der Waals surface area (Å²) in [5.41, 5.74) is 5.44. The summed E-state index contributed by atoms with van der Waals surface area (Å²) in [4.78, 5) is 11.5. The molecule has 0 saturated carbocycles. The average molecular weight is 246 g/mol. The summed E-state index contributed by atoms with van der Waals surface area (Å²) < 4.78 is 0.728. The highest BCUT2D eigenvalue weighted by Gasteiger charge is 2.15. The van der Waals surface area contributed by atoms with Gasteiger partial charge >= 0.3 is 0 Å². The van der Waals surface area contributed by atoms with Gasteiger partial charge < -0.3 is 11.1 Å². The summed E-state index contributed by atoms with van der Waals surface area (Å²) in [5.74, 6) is 0.0237. The van der Waals surface area contributed by atoms with Crippen LogP contribution in [0.1, 0.15) is 20.3 Å². The van der Waals surface area contributed by atoms with Crippen molar-refractivity contribution >= 4 is 34.1 Å². The van der Waals surface area contributed by atoms with Gasteiger partial charge in [-0.2, -0.15) is 0 Å². The molecule has 0 spiro atoms. The minimum Gasteiger partial charge on any atom is -0.374 e. The molecule has 3 N–H and O–H groups in total. The second kappa shape index (κ2) is 5.92. The molecule has 15 heavy (non-hydrogen) atoms. The first-order chi connectivity index (χ1) is 7.13. The van der Waals surface area contributed by atoms with E-state index in [-0.39, 0.29) is 11.2 Å². The van der Waals surface area contributed by atoms with Crippen molar-refractivity contribution < 1.29 is 4.79 Å². The maximum atomic E-state index is 11.5. The molecule has 0 saturated heterocycles. The van der Waals surface area contributed by atoms with E-state index in [2.05, 4.69) is 15.5 Å². The average Bonchev–Trinajstić information content (AvgIpc) is 2.60. The molecular formula is C8H14N4OS2. The third-order valence-corrected chi connectivity index (χ3v) is 3.55. The van der Waals surface area contributed by atoms with E-state index in [9.17, 15) is 4.79 Å². The summed E-state index contributed by atoms with van der Waals surface area (Å²) in [6.45, 7) is 4.57. The van der Waals surface area contributed by atoms with Crippen LogP contribution >= 0.6 is 23.1 Å². The van der Waals surface area contributed by atoms with Crippen LogP contribution in [-0.4, -0.2) is 27.9 Å². The second-order valence-electron chi connectivity index (χ2n) is 2.96. The first kappa shape index (κ1) is 12.3. The molecule has 0 aliphatic rings. The highest BCUT2D eigenvalue weighted by atomic mass is 32.2. The van der Waals surface area contributed by atoms with E-state index < -0.39 is 0 Å². The Labute approximate surface area is 96.8 Å². The third-order valence-electron chi connectivity index (χ3n) is 1.62. The molecule has 0 aromatic carbocycles. The molecule has 1 atom stereocenters. The van der Waals surface area contributed by atoms with Crippen LogP contribution in [0.15, 0.2) is 4.34 Å². The summed E-state index contributed by atoms with van der Waals surface area (Å²) in [6, 6.07) is 0. The summed E-state index contributed by atoms with van der Waals surface area (Å²) >= 11 is 2.67. The zero-order valence-corrected chi connectivity index (χ0v) is 10.3. The number of carbonyl (C=O) groups excluding carboxylic acids is 1. The molecular weight excluding hydrogens is 232 g/mol. The Morgan fingerprint density at radius 1 is 1.67 bits per heavy atom. The lowest BCUT2D eigenvalue weighted by atomic mass is 10.4. The number of nitrogen functional groups attached to an aromatic ring is 1. The number of rotatable bonds is 5. The van der Waals surface area contributed by atoms with E-state index in [1.54, 1.807) is 0 Å². The quantitative estimate of drug-likeness (QED) is 0.761. The van der Waals surface area contributed by atoms with Gasteiger partial charge in [0.15, 0.2) is 4.34 Å². The van der Waals surface area contributed by atoms with Crippen molar-refractivity contribution in [1.82, 2.24) is 15.5 Å². The van der Waals surface area contributed by atoms with E-state index in [4.69, 9.17) is 5.73 Å². The number of thioether (sulfide) groups is 1. The van der Waals surface area contributed by atoms with Crippen LogP contribution in [0.3, 0.4) is 0 Å². The lowest BCUT2D eigenvalue weighted by Crippen LogP contribution is -2.31. The van der Waals surface area contributed by atoms with Crippen LogP contribution < -0.4 is 11.1 Å². The van der Waals surface area contributed by atoms with E-state index in [1.165, 1.54) is 23.1 Å². The SMILES string of the molecule is CCCNC(=O)[C@@H](C)Sc1nnc(N)s1. The van der Waals surface area contributed by atoms with Gasteiger partial charge in [-0.3, -0.25) is 4.79 Å². The number of carbonyl (C=O) groups is 1. The Morgan fingerprint density at radius 2 is 2.40 bits per heavy atom. The molecule has 0 aliphatic carbocycles. The maximum absolute atomic E-state index is 11.5. The summed E-state index contributed by atoms with van der Waals surface area (Å²) in [7, 11) is 0. The first-order valence-electron chi connectivity index (χ1n) is 4.66. The minimum absolute atomic E-state index is 0.0237. The minimum atomic E-state index is -0.163. The molecule has 0 aliphatic heterocycles. The van der Waals surface area contributed by atoms with Gasteiger partial charge in [0.05, 0.1) is 5.25 Å². The molecule has 7 heteroatoms. The second-order valence-corrected chi connectivity index (χ2v) is 5.55. The third kappa shape index (κ3) is 4.05. The van der Waals surface area contributed by atoms with Gasteiger partial charge in [-0.15, -0.1) is 10.2 Å². The zero-order valence-electron chi connectivity index (χ0n) is 8.69. The number of hydrogen-bond acceptors (Lipinski definition) is 6. The maximum Gasteiger partial charge on any atom is 0.233 e. The smallest absolute Gasteiger partial charge is 0.233 e. The van der Waals surface area contributed by atoms with Crippen molar-refractivity contribution in [2.75, 3.05) is 12.3 Å².